The Morgan fingerprint density at radius 1 is 0.944 bits per heavy atom. The first-order valence-corrected chi connectivity index (χ1v) is 6.68. The van der Waals surface area contributed by atoms with Crippen molar-refractivity contribution in [2.75, 3.05) is 6.54 Å². The Morgan fingerprint density at radius 2 is 1.50 bits per heavy atom. The monoisotopic (exact) mass is 255 g/mol. The summed E-state index contributed by atoms with van der Waals surface area (Å²) in [6, 6.07) is 0. The molecule has 18 heavy (non-hydrogen) atoms. The van der Waals surface area contributed by atoms with Crippen LogP contribution in [-0.2, 0) is 14.4 Å². The molecule has 0 heterocycles. The first-order chi connectivity index (χ1) is 8.31. The number of carbonyl (C=O) groups excluding carboxylic acids is 3. The Labute approximate surface area is 110 Å². The number of hydrogen-bond donors (Lipinski definition) is 0. The van der Waals surface area contributed by atoms with Crippen molar-refractivity contribution in [1.82, 2.24) is 4.90 Å². The van der Waals surface area contributed by atoms with Crippen LogP contribution in [0.1, 0.15) is 53.9 Å². The van der Waals surface area contributed by atoms with Gasteiger partial charge in [-0.15, -0.1) is 0 Å². The Hall–Kier alpha value is -1.19. The minimum absolute atomic E-state index is 0.0572. The predicted octanol–water partition coefficient (Wildman–Crippen LogP) is 2.41. The standard InChI is InChI=1S/C14H25NO3/c1-6-9-15(14(18)11(4)5)13(17)8-7-12(16)10(2)3/h10-11H,6-9H2,1-5H3. The van der Waals surface area contributed by atoms with Crippen LogP contribution >= 0.6 is 0 Å². The minimum Gasteiger partial charge on any atom is -0.299 e. The van der Waals surface area contributed by atoms with Crippen LogP contribution in [0.5, 0.6) is 0 Å². The van der Waals surface area contributed by atoms with Gasteiger partial charge in [0.25, 0.3) is 0 Å². The van der Waals surface area contributed by atoms with Gasteiger partial charge in [0.2, 0.25) is 11.8 Å². The van der Waals surface area contributed by atoms with E-state index in [2.05, 4.69) is 0 Å². The average molecular weight is 255 g/mol. The maximum Gasteiger partial charge on any atom is 0.231 e. The molecule has 0 aliphatic carbocycles. The van der Waals surface area contributed by atoms with E-state index in [4.69, 9.17) is 0 Å². The summed E-state index contributed by atoms with van der Waals surface area (Å²) in [5.74, 6) is -0.570. The molecule has 0 rings (SSSR count). The molecule has 104 valence electrons. The molecule has 2 amide bonds. The van der Waals surface area contributed by atoms with Gasteiger partial charge in [-0.1, -0.05) is 34.6 Å². The zero-order chi connectivity index (χ0) is 14.3. The Balaban J connectivity index is 4.49. The van der Waals surface area contributed by atoms with Crippen molar-refractivity contribution in [2.24, 2.45) is 11.8 Å². The molecule has 0 aromatic heterocycles. The van der Waals surface area contributed by atoms with Gasteiger partial charge in [-0.05, 0) is 6.42 Å². The van der Waals surface area contributed by atoms with Gasteiger partial charge >= 0.3 is 0 Å². The molecule has 0 unspecified atom stereocenters. The van der Waals surface area contributed by atoms with Crippen LogP contribution in [-0.4, -0.2) is 29.0 Å². The third kappa shape index (κ3) is 5.43. The van der Waals surface area contributed by atoms with E-state index in [0.29, 0.717) is 6.54 Å². The van der Waals surface area contributed by atoms with Crippen LogP contribution in [0.3, 0.4) is 0 Å². The van der Waals surface area contributed by atoms with Crippen molar-refractivity contribution in [3.8, 4) is 0 Å². The van der Waals surface area contributed by atoms with E-state index in [1.54, 1.807) is 13.8 Å². The van der Waals surface area contributed by atoms with E-state index >= 15 is 0 Å². The summed E-state index contributed by atoms with van der Waals surface area (Å²) in [4.78, 5) is 36.6. The lowest BCUT2D eigenvalue weighted by Gasteiger charge is -2.22. The third-order valence-electron chi connectivity index (χ3n) is 2.74. The fraction of sp³-hybridized carbons (Fsp3) is 0.786. The number of nitrogens with zero attached hydrogens (tertiary/aromatic N) is 1. The summed E-state index contributed by atoms with van der Waals surface area (Å²) in [7, 11) is 0. The highest BCUT2D eigenvalue weighted by Crippen LogP contribution is 2.08. The van der Waals surface area contributed by atoms with Crippen LogP contribution in [0.25, 0.3) is 0 Å². The summed E-state index contributed by atoms with van der Waals surface area (Å²) in [6.45, 7) is 9.54. The highest BCUT2D eigenvalue weighted by molar-refractivity contribution is 5.97. The molecule has 4 nitrogen and oxygen atoms in total. The van der Waals surface area contributed by atoms with E-state index in [1.165, 1.54) is 4.90 Å². The molecular weight excluding hydrogens is 230 g/mol. The molecule has 0 aromatic rings. The molecule has 0 aromatic carbocycles. The maximum absolute atomic E-state index is 12.0. The molecule has 0 aliphatic heterocycles. The predicted molar refractivity (Wildman–Crippen MR) is 70.9 cm³/mol. The number of ketones is 1. The van der Waals surface area contributed by atoms with Crippen LogP contribution in [0.2, 0.25) is 0 Å². The summed E-state index contributed by atoms with van der Waals surface area (Å²) in [5.41, 5.74) is 0. The van der Waals surface area contributed by atoms with E-state index in [9.17, 15) is 14.4 Å². The largest absolute Gasteiger partial charge is 0.299 e. The number of imide groups is 1. The number of rotatable bonds is 7. The normalized spacial score (nSPS) is 10.8. The molecule has 0 N–H and O–H groups in total. The molecular formula is C14H25NO3. The molecule has 0 atom stereocenters. The molecule has 0 radical (unpaired) electrons. The van der Waals surface area contributed by atoms with E-state index in [0.717, 1.165) is 6.42 Å². The van der Waals surface area contributed by atoms with Gasteiger partial charge in [-0.25, -0.2) is 0 Å². The molecule has 0 fully saturated rings. The summed E-state index contributed by atoms with van der Waals surface area (Å²) in [6.07, 6.45) is 1.10. The minimum atomic E-state index is -0.232. The number of carbonyl (C=O) groups is 3. The molecule has 0 saturated heterocycles. The first-order valence-electron chi connectivity index (χ1n) is 6.68. The lowest BCUT2D eigenvalue weighted by Crippen LogP contribution is -2.40. The Bertz CT molecular complexity index is 308. The number of amides is 2. The lowest BCUT2D eigenvalue weighted by atomic mass is 10.0. The lowest BCUT2D eigenvalue weighted by molar-refractivity contribution is -0.147. The van der Waals surface area contributed by atoms with Gasteiger partial charge in [0.1, 0.15) is 5.78 Å². The topological polar surface area (TPSA) is 54.5 Å². The molecule has 0 saturated carbocycles. The maximum atomic E-state index is 12.0. The van der Waals surface area contributed by atoms with Crippen LogP contribution in [0.4, 0.5) is 0 Å². The van der Waals surface area contributed by atoms with Gasteiger partial charge in [0, 0.05) is 31.2 Å². The van der Waals surface area contributed by atoms with Crippen LogP contribution in [0, 0.1) is 11.8 Å². The SMILES string of the molecule is CCCN(C(=O)CCC(=O)C(C)C)C(=O)C(C)C. The number of Topliss-reactive ketones (excluding diaryl/α,β-unsaturated/α-hetero) is 1. The smallest absolute Gasteiger partial charge is 0.231 e. The van der Waals surface area contributed by atoms with E-state index in [1.807, 2.05) is 20.8 Å². The molecule has 0 aliphatic rings. The van der Waals surface area contributed by atoms with Gasteiger partial charge in [0.15, 0.2) is 0 Å². The Kier molecular flexibility index (Phi) is 7.48. The second-order valence-electron chi connectivity index (χ2n) is 5.16. The average Bonchev–Trinajstić information content (AvgIpc) is 2.31. The fourth-order valence-electron chi connectivity index (χ4n) is 1.55. The molecule has 0 bridgehead atoms. The summed E-state index contributed by atoms with van der Waals surface area (Å²) in [5, 5.41) is 0. The Morgan fingerprint density at radius 3 is 1.89 bits per heavy atom. The van der Waals surface area contributed by atoms with Crippen LogP contribution < -0.4 is 0 Å². The zero-order valence-corrected chi connectivity index (χ0v) is 12.2. The van der Waals surface area contributed by atoms with Gasteiger partial charge in [-0.2, -0.15) is 0 Å². The van der Waals surface area contributed by atoms with Crippen molar-refractivity contribution in [1.29, 1.82) is 0 Å². The van der Waals surface area contributed by atoms with Crippen molar-refractivity contribution >= 4 is 17.6 Å². The van der Waals surface area contributed by atoms with Crippen molar-refractivity contribution in [3.63, 3.8) is 0 Å². The van der Waals surface area contributed by atoms with Gasteiger partial charge < -0.3 is 0 Å². The van der Waals surface area contributed by atoms with Crippen molar-refractivity contribution in [2.45, 2.75) is 53.9 Å². The molecule has 4 heteroatoms. The van der Waals surface area contributed by atoms with Crippen molar-refractivity contribution in [3.05, 3.63) is 0 Å². The highest BCUT2D eigenvalue weighted by Gasteiger charge is 2.23. The van der Waals surface area contributed by atoms with Gasteiger partial charge in [-0.3, -0.25) is 19.3 Å². The second kappa shape index (κ2) is 8.01. The molecule has 0 spiro atoms. The van der Waals surface area contributed by atoms with E-state index < -0.39 is 0 Å². The van der Waals surface area contributed by atoms with Gasteiger partial charge in [0.05, 0.1) is 0 Å². The van der Waals surface area contributed by atoms with E-state index in [-0.39, 0.29) is 42.3 Å². The van der Waals surface area contributed by atoms with Crippen molar-refractivity contribution < 1.29 is 14.4 Å². The second-order valence-corrected chi connectivity index (χ2v) is 5.16. The summed E-state index contributed by atoms with van der Waals surface area (Å²) < 4.78 is 0. The van der Waals surface area contributed by atoms with Crippen LogP contribution in [0.15, 0.2) is 0 Å². The zero-order valence-electron chi connectivity index (χ0n) is 12.2. The first kappa shape index (κ1) is 16.8. The quantitative estimate of drug-likeness (QED) is 0.702. The highest BCUT2D eigenvalue weighted by atomic mass is 16.2. The number of hydrogen-bond acceptors (Lipinski definition) is 3. The third-order valence-corrected chi connectivity index (χ3v) is 2.74. The fourth-order valence-corrected chi connectivity index (χ4v) is 1.55. The summed E-state index contributed by atoms with van der Waals surface area (Å²) >= 11 is 0.